The van der Waals surface area contributed by atoms with Crippen molar-refractivity contribution in [1.29, 1.82) is 0 Å². The van der Waals surface area contributed by atoms with E-state index in [1.165, 1.54) is 0 Å². The summed E-state index contributed by atoms with van der Waals surface area (Å²) in [4.78, 5) is 0. The Kier molecular flexibility index (Phi) is 470. The van der Waals surface area contributed by atoms with Crippen LogP contribution in [0.4, 0.5) is 0 Å². The predicted octanol–water partition coefficient (Wildman–Crippen LogP) is 4.35. The fraction of sp³-hybridized carbons (Fsp3) is 0.818. The average molecular weight is 1130 g/mol. The Labute approximate surface area is 309 Å². The molecule has 0 fully saturated rings. The summed E-state index contributed by atoms with van der Waals surface area (Å²) < 4.78 is 0. The molecule has 0 aromatic rings. The molecule has 0 saturated heterocycles. The summed E-state index contributed by atoms with van der Waals surface area (Å²) in [6, 6.07) is 0. The molecule has 6 radical (unpaired) electrons. The maximum atomic E-state index is 8.29. The molecule has 0 aliphatic rings. The van der Waals surface area contributed by atoms with Crippen molar-refractivity contribution in [3.05, 3.63) is 87.7 Å². The van der Waals surface area contributed by atoms with Crippen molar-refractivity contribution in [2.24, 2.45) is 0 Å². The van der Waals surface area contributed by atoms with Gasteiger partial charge in [0.05, 0.1) is 0 Å². The van der Waals surface area contributed by atoms with Crippen molar-refractivity contribution >= 4 is 0 Å². The van der Waals surface area contributed by atoms with Gasteiger partial charge >= 0.3 is 97.4 Å². The maximum absolute atomic E-state index is 8.29. The first kappa shape index (κ1) is 161. The quantitative estimate of drug-likeness (QED) is 0.102. The molecule has 0 rings (SSSR count). The van der Waals surface area contributed by atoms with Crippen LogP contribution in [0.1, 0.15) is 19.3 Å². The number of rotatable bonds is 6. The number of aliphatic hydroxyl groups is 10. The molecule has 0 saturated carbocycles. The molecule has 0 amide bonds. The summed E-state index contributed by atoms with van der Waals surface area (Å²) >= 11 is 0. The van der Waals surface area contributed by atoms with Gasteiger partial charge in [0, 0.05) is 25.9 Å². The molecule has 0 aromatic heterocycles. The summed E-state index contributed by atoms with van der Waals surface area (Å²) in [6.45, 7) is 6.23. The van der Waals surface area contributed by atoms with Gasteiger partial charge in [-0.25, -0.2) is 0 Å². The summed E-state index contributed by atoms with van der Waals surface area (Å²) in [5, 5.41) is 80.7. The standard InChI is InChI=1S/2C4H9O3.C3H8O4.12H2N.6Rh/c2*1-3(5)2-4(6)7;4-2(5)1-3(6)7;;;;;;;;;;;;;;;;;;/h2*3-7H,1-2H2;2-7H,1H2;12*1H2;;;;;;/q2*-1;;12*-1;;5*+2. The minimum absolute atomic E-state index is 0. The molecule has 39 heavy (non-hydrogen) atoms. The van der Waals surface area contributed by atoms with Crippen LogP contribution in [-0.4, -0.2) is 88.4 Å². The molecule has 2 atom stereocenters. The number of hydrogen-bond donors (Lipinski definition) is 10. The van der Waals surface area contributed by atoms with Gasteiger partial charge in [0.2, 0.25) is 0 Å². The van der Waals surface area contributed by atoms with Crippen molar-refractivity contribution in [1.82, 2.24) is 0 Å². The molecular weight excluding hydrogens is 1080 g/mol. The van der Waals surface area contributed by atoms with Crippen LogP contribution < -0.4 is 0 Å². The second-order valence-corrected chi connectivity index (χ2v) is 3.94. The molecule has 22 nitrogen and oxygen atoms in total. The monoisotopic (exact) mass is 1130 g/mol. The summed E-state index contributed by atoms with van der Waals surface area (Å²) in [5.41, 5.74) is 0. The van der Waals surface area contributed by atoms with Crippen LogP contribution in [0.25, 0.3) is 73.8 Å². The predicted molar refractivity (Wildman–Crippen MR) is 133 cm³/mol. The first-order valence-corrected chi connectivity index (χ1v) is 5.85. The molecule has 0 bridgehead atoms. The molecule has 0 aliphatic heterocycles. The molecule has 0 heterocycles. The molecule has 0 aromatic carbocycles. The minimum Gasteiger partial charge on any atom is -0.693 e. The van der Waals surface area contributed by atoms with Crippen LogP contribution in [0.2, 0.25) is 0 Å². The maximum Gasteiger partial charge on any atom is 2.00 e. The van der Waals surface area contributed by atoms with E-state index >= 15 is 0 Å². The normalized spacial score (nSPS) is 7.38. The molecule has 28 heteroatoms. The van der Waals surface area contributed by atoms with Crippen molar-refractivity contribution in [2.75, 3.05) is 0 Å². The van der Waals surface area contributed by atoms with Crippen molar-refractivity contribution in [3.63, 3.8) is 0 Å². The Bertz CT molecular complexity index is 198. The van der Waals surface area contributed by atoms with E-state index in [1.807, 2.05) is 0 Å². The second-order valence-electron chi connectivity index (χ2n) is 3.94. The number of hydrogen-bond acceptors (Lipinski definition) is 10. The zero-order valence-electron chi connectivity index (χ0n) is 20.4. The Morgan fingerprint density at radius 2 is 0.410 bits per heavy atom. The van der Waals surface area contributed by atoms with Crippen molar-refractivity contribution in [3.8, 4) is 0 Å². The van der Waals surface area contributed by atoms with E-state index in [2.05, 4.69) is 13.8 Å². The van der Waals surface area contributed by atoms with Crippen LogP contribution in [0, 0.1) is 13.8 Å². The van der Waals surface area contributed by atoms with Gasteiger partial charge in [0.1, 0.15) is 0 Å². The topological polar surface area (TPSA) is 604 Å². The van der Waals surface area contributed by atoms with Gasteiger partial charge in [-0.05, 0) is 12.8 Å². The molecule has 34 N–H and O–H groups in total. The van der Waals surface area contributed by atoms with E-state index in [9.17, 15) is 0 Å². The first-order valence-electron chi connectivity index (χ1n) is 5.85. The fourth-order valence-electron chi connectivity index (χ4n) is 0.675. The SMILES string of the molecule is OC(O)CC(O)O.[CH2-]C(O)CC(O)O.[CH2-]C(O)CC(O)O.[NH2-].[NH2-].[NH2-].[NH2-].[NH2-].[NH2-].[NH2-].[NH2-].[NH2-].[NH2-].[NH2-].[NH2-].[Rh+2].[Rh+2].[Rh+2].[Rh+2].[Rh+2].[Rh]. The van der Waals surface area contributed by atoms with Gasteiger partial charge in [0.15, 0.2) is 25.2 Å². The third-order valence-corrected chi connectivity index (χ3v) is 1.39. The van der Waals surface area contributed by atoms with Gasteiger partial charge < -0.3 is 139 Å². The van der Waals surface area contributed by atoms with E-state index < -0.39 is 43.8 Å². The molecule has 2 unspecified atom stereocenters. The Morgan fingerprint density at radius 3 is 0.410 bits per heavy atom. The largest absolute Gasteiger partial charge is 2.00 e. The van der Waals surface area contributed by atoms with Crippen LogP contribution in [0.15, 0.2) is 0 Å². The Morgan fingerprint density at radius 1 is 0.308 bits per heavy atom. The Hall–Kier alpha value is 2.86. The smallest absolute Gasteiger partial charge is 0.693 e. The number of aliphatic hydroxyl groups excluding tert-OH is 6. The van der Waals surface area contributed by atoms with E-state index in [1.54, 1.807) is 0 Å². The van der Waals surface area contributed by atoms with E-state index in [0.29, 0.717) is 0 Å². The average Bonchev–Trinajstić information content (AvgIpc) is 2.10. The zero-order chi connectivity index (χ0) is 17.6. The third kappa shape index (κ3) is 279. The van der Waals surface area contributed by atoms with Crippen LogP contribution in [0.3, 0.4) is 0 Å². The molecule has 272 valence electrons. The van der Waals surface area contributed by atoms with Gasteiger partial charge in [-0.15, -0.1) is 0 Å². The molecule has 0 spiro atoms. The van der Waals surface area contributed by atoms with E-state index in [0.717, 1.165) is 0 Å². The van der Waals surface area contributed by atoms with Crippen LogP contribution in [0.5, 0.6) is 0 Å². The summed E-state index contributed by atoms with van der Waals surface area (Å²) in [6.07, 6.45) is -8.46. The second kappa shape index (κ2) is 114. The van der Waals surface area contributed by atoms with Gasteiger partial charge in [-0.1, -0.05) is 12.2 Å². The number of nitrogens with two attached hydrogens (primary N) is 12. The summed E-state index contributed by atoms with van der Waals surface area (Å²) in [7, 11) is 0. The zero-order valence-corrected chi connectivity index (χ0v) is 30.2. The minimum atomic E-state index is -1.63. The van der Waals surface area contributed by atoms with E-state index in [4.69, 9.17) is 51.1 Å². The summed E-state index contributed by atoms with van der Waals surface area (Å²) in [5.74, 6) is 0. The van der Waals surface area contributed by atoms with Crippen LogP contribution >= 0.6 is 0 Å². The Balaban J connectivity index is -0.00000000533. The van der Waals surface area contributed by atoms with Gasteiger partial charge in [-0.2, -0.15) is 0 Å². The molecule has 0 aliphatic carbocycles. The third-order valence-electron chi connectivity index (χ3n) is 1.39. The van der Waals surface area contributed by atoms with Crippen LogP contribution in [-0.2, 0) is 117 Å². The fourth-order valence-corrected chi connectivity index (χ4v) is 0.675. The molecular formula is C11H50N12O10Rh6-4. The van der Waals surface area contributed by atoms with Crippen molar-refractivity contribution in [2.45, 2.75) is 56.6 Å². The van der Waals surface area contributed by atoms with Gasteiger partial charge in [0.25, 0.3) is 0 Å². The van der Waals surface area contributed by atoms with Crippen molar-refractivity contribution < 1.29 is 168 Å². The first-order chi connectivity index (χ1) is 9.38. The van der Waals surface area contributed by atoms with E-state index in [-0.39, 0.29) is 204 Å². The van der Waals surface area contributed by atoms with Gasteiger partial charge in [-0.3, -0.25) is 0 Å².